The van der Waals surface area contributed by atoms with E-state index in [9.17, 15) is 9.59 Å². The molecule has 1 aliphatic heterocycles. The topological polar surface area (TPSA) is 139 Å². The van der Waals surface area contributed by atoms with Crippen molar-refractivity contribution in [2.75, 3.05) is 37.9 Å². The molecule has 0 bridgehead atoms. The number of rotatable bonds is 10. The zero-order chi connectivity index (χ0) is 29.2. The van der Waals surface area contributed by atoms with E-state index in [1.165, 1.54) is 7.05 Å². The number of carbonyl (C=O) groups is 2. The average molecular weight is 588 g/mol. The molecule has 216 valence electrons. The molecule has 0 spiro atoms. The van der Waals surface area contributed by atoms with E-state index in [0.717, 1.165) is 49.3 Å². The molecule has 0 atom stereocenters. The molecule has 2 amide bonds. The molecule has 1 aromatic carbocycles. The predicted octanol–water partition coefficient (Wildman–Crippen LogP) is 3.91. The summed E-state index contributed by atoms with van der Waals surface area (Å²) in [6.45, 7) is 2.44. The Balaban J connectivity index is 1.20. The van der Waals surface area contributed by atoms with Gasteiger partial charge in [0.05, 0.1) is 36.4 Å². The van der Waals surface area contributed by atoms with Crippen LogP contribution in [-0.4, -0.2) is 68.9 Å². The zero-order valence-corrected chi connectivity index (χ0v) is 23.9. The van der Waals surface area contributed by atoms with Gasteiger partial charge in [0.25, 0.3) is 5.91 Å². The summed E-state index contributed by atoms with van der Waals surface area (Å²) in [4.78, 5) is 31.5. The molecule has 6 rings (SSSR count). The van der Waals surface area contributed by atoms with E-state index in [0.29, 0.717) is 22.1 Å². The number of anilines is 3. The molecule has 1 saturated carbocycles. The third-order valence-corrected chi connectivity index (χ3v) is 7.55. The second-order valence-electron chi connectivity index (χ2n) is 10.4. The van der Waals surface area contributed by atoms with Crippen molar-refractivity contribution in [2.24, 2.45) is 5.92 Å². The van der Waals surface area contributed by atoms with Crippen LogP contribution in [0.5, 0.6) is 5.75 Å². The quantitative estimate of drug-likeness (QED) is 0.252. The standard InChI is InChI=1S/C29H30ClN9O3/c1-31-29(41)26-24(11-25(36-37-26)35-28(40)17-6-7-17)34-23-5-3-4-22(27(23)42-2)18-12-33-39(13-18)21-15-38(16-21)14-20-10-19(30)8-9-32-20/h3-5,8-13,17,21H,6-7,14-16H2,1-2H3,(H,31,41)(H2,34,35,36,40). The van der Waals surface area contributed by atoms with Crippen LogP contribution in [0.15, 0.2) is 55.0 Å². The summed E-state index contributed by atoms with van der Waals surface area (Å²) < 4.78 is 7.81. The van der Waals surface area contributed by atoms with Crippen molar-refractivity contribution in [1.82, 2.24) is 35.2 Å². The van der Waals surface area contributed by atoms with Crippen molar-refractivity contribution < 1.29 is 14.3 Å². The van der Waals surface area contributed by atoms with Crippen molar-refractivity contribution in [1.29, 1.82) is 0 Å². The van der Waals surface area contributed by atoms with E-state index >= 15 is 0 Å². The van der Waals surface area contributed by atoms with Gasteiger partial charge in [-0.2, -0.15) is 5.10 Å². The Labute approximate surface area is 247 Å². The van der Waals surface area contributed by atoms with Crippen molar-refractivity contribution in [3.05, 3.63) is 71.4 Å². The molecule has 2 fully saturated rings. The van der Waals surface area contributed by atoms with E-state index in [-0.39, 0.29) is 29.4 Å². The van der Waals surface area contributed by atoms with Crippen molar-refractivity contribution in [2.45, 2.75) is 25.4 Å². The molecular weight excluding hydrogens is 558 g/mol. The maximum absolute atomic E-state index is 12.6. The predicted molar refractivity (Wildman–Crippen MR) is 158 cm³/mol. The molecule has 3 aromatic heterocycles. The fourth-order valence-electron chi connectivity index (χ4n) is 4.92. The second-order valence-corrected chi connectivity index (χ2v) is 10.8. The van der Waals surface area contributed by atoms with Crippen LogP contribution in [0.1, 0.15) is 35.1 Å². The lowest BCUT2D eigenvalue weighted by molar-refractivity contribution is -0.117. The molecule has 1 aliphatic carbocycles. The Morgan fingerprint density at radius 1 is 1.12 bits per heavy atom. The van der Waals surface area contributed by atoms with Crippen LogP contribution in [-0.2, 0) is 11.3 Å². The average Bonchev–Trinajstić information content (AvgIpc) is 3.72. The number of nitrogens with zero attached hydrogens (tertiary/aromatic N) is 6. The highest BCUT2D eigenvalue weighted by molar-refractivity contribution is 6.30. The van der Waals surface area contributed by atoms with Crippen LogP contribution in [0.25, 0.3) is 11.1 Å². The molecule has 13 heteroatoms. The fourth-order valence-corrected chi connectivity index (χ4v) is 5.10. The number of nitrogens with one attached hydrogen (secondary N) is 3. The number of pyridine rings is 1. The van der Waals surface area contributed by atoms with Gasteiger partial charge in [0.15, 0.2) is 11.5 Å². The van der Waals surface area contributed by atoms with Gasteiger partial charge in [-0.05, 0) is 31.0 Å². The largest absolute Gasteiger partial charge is 0.494 e. The summed E-state index contributed by atoms with van der Waals surface area (Å²) in [5.74, 6) is 0.321. The number of halogens is 1. The Kier molecular flexibility index (Phi) is 7.72. The minimum absolute atomic E-state index is 0.00231. The highest BCUT2D eigenvalue weighted by Gasteiger charge is 2.31. The number of para-hydroxylation sites is 1. The first-order valence-electron chi connectivity index (χ1n) is 13.6. The highest BCUT2D eigenvalue weighted by Crippen LogP contribution is 2.39. The lowest BCUT2D eigenvalue weighted by Crippen LogP contribution is -2.47. The molecule has 2 aliphatic rings. The lowest BCUT2D eigenvalue weighted by atomic mass is 10.1. The fraction of sp³-hybridized carbons (Fsp3) is 0.310. The lowest BCUT2D eigenvalue weighted by Gasteiger charge is -2.38. The summed E-state index contributed by atoms with van der Waals surface area (Å²) in [5, 5.41) is 22.1. The molecule has 4 heterocycles. The van der Waals surface area contributed by atoms with E-state index in [1.807, 2.05) is 41.3 Å². The molecule has 12 nitrogen and oxygen atoms in total. The Hall–Kier alpha value is -4.55. The van der Waals surface area contributed by atoms with Gasteiger partial charge in [-0.15, -0.1) is 10.2 Å². The maximum atomic E-state index is 12.6. The number of aromatic nitrogens is 5. The number of hydrogen-bond acceptors (Lipinski definition) is 9. The van der Waals surface area contributed by atoms with Crippen molar-refractivity contribution >= 4 is 40.6 Å². The summed E-state index contributed by atoms with van der Waals surface area (Å²) in [6, 6.07) is 11.2. The maximum Gasteiger partial charge on any atom is 0.273 e. The first-order valence-corrected chi connectivity index (χ1v) is 14.0. The third kappa shape index (κ3) is 5.90. The second kappa shape index (κ2) is 11.7. The smallest absolute Gasteiger partial charge is 0.273 e. The Bertz CT molecular complexity index is 1630. The van der Waals surface area contributed by atoms with Crippen LogP contribution in [0, 0.1) is 5.92 Å². The normalized spacial score (nSPS) is 15.1. The first kappa shape index (κ1) is 27.6. The van der Waals surface area contributed by atoms with Crippen LogP contribution in [0.3, 0.4) is 0 Å². The van der Waals surface area contributed by atoms with E-state index in [2.05, 4.69) is 41.1 Å². The Morgan fingerprint density at radius 3 is 2.69 bits per heavy atom. The molecule has 0 unspecified atom stereocenters. The molecule has 4 aromatic rings. The number of likely N-dealkylation sites (tertiary alicyclic amines) is 1. The number of ether oxygens (including phenoxy) is 1. The molecule has 1 saturated heterocycles. The monoisotopic (exact) mass is 587 g/mol. The van der Waals surface area contributed by atoms with Gasteiger partial charge in [0.1, 0.15) is 5.75 Å². The van der Waals surface area contributed by atoms with Gasteiger partial charge < -0.3 is 20.7 Å². The van der Waals surface area contributed by atoms with E-state index in [1.54, 1.807) is 25.4 Å². The molecule has 3 N–H and O–H groups in total. The van der Waals surface area contributed by atoms with Crippen molar-refractivity contribution in [3.63, 3.8) is 0 Å². The minimum Gasteiger partial charge on any atom is -0.494 e. The van der Waals surface area contributed by atoms with Gasteiger partial charge in [0.2, 0.25) is 5.91 Å². The molecule has 0 radical (unpaired) electrons. The third-order valence-electron chi connectivity index (χ3n) is 7.31. The SMILES string of the molecule is CNC(=O)c1nnc(NC(=O)C2CC2)cc1Nc1cccc(-c2cnn(C3CN(Cc4cc(Cl)ccn4)C3)c2)c1OC. The number of amides is 2. The van der Waals surface area contributed by atoms with Gasteiger partial charge >= 0.3 is 0 Å². The number of methoxy groups -OCH3 is 1. The number of benzene rings is 1. The summed E-state index contributed by atoms with van der Waals surface area (Å²) >= 11 is 6.10. The highest BCUT2D eigenvalue weighted by atomic mass is 35.5. The van der Waals surface area contributed by atoms with Crippen LogP contribution >= 0.6 is 11.6 Å². The minimum atomic E-state index is -0.415. The molecule has 42 heavy (non-hydrogen) atoms. The van der Waals surface area contributed by atoms with Crippen LogP contribution in [0.4, 0.5) is 17.2 Å². The zero-order valence-electron chi connectivity index (χ0n) is 23.2. The van der Waals surface area contributed by atoms with Crippen molar-refractivity contribution in [3.8, 4) is 16.9 Å². The van der Waals surface area contributed by atoms with Gasteiger partial charge in [0, 0.05) is 67.2 Å². The van der Waals surface area contributed by atoms with E-state index < -0.39 is 5.91 Å². The number of carbonyl (C=O) groups excluding carboxylic acids is 2. The summed E-state index contributed by atoms with van der Waals surface area (Å²) in [7, 11) is 3.11. The van der Waals surface area contributed by atoms with Gasteiger partial charge in [-0.25, -0.2) is 0 Å². The van der Waals surface area contributed by atoms with Gasteiger partial charge in [-0.3, -0.25) is 24.2 Å². The first-order chi connectivity index (χ1) is 20.4. The van der Waals surface area contributed by atoms with Crippen LogP contribution in [0.2, 0.25) is 5.02 Å². The van der Waals surface area contributed by atoms with Gasteiger partial charge in [-0.1, -0.05) is 23.7 Å². The van der Waals surface area contributed by atoms with Crippen LogP contribution < -0.4 is 20.7 Å². The summed E-state index contributed by atoms with van der Waals surface area (Å²) in [6.07, 6.45) is 7.28. The Morgan fingerprint density at radius 2 is 1.95 bits per heavy atom. The molecular formula is C29H30ClN9O3. The summed E-state index contributed by atoms with van der Waals surface area (Å²) in [5.41, 5.74) is 3.75. The number of hydrogen-bond donors (Lipinski definition) is 3. The van der Waals surface area contributed by atoms with E-state index in [4.69, 9.17) is 16.3 Å².